The standard InChI is InChI=1S/C44H28N4/c45-29-30-11-9-18-38(27-30)43-46-42(35-24-21-33(22-25-35)31-12-3-1-4-13-31)47-44(48-43)40-20-10-19-39(34-15-5-2-6-16-34)41(40)37-26-23-32-14-7-8-17-36(32)28-37/h1-28H. The summed E-state index contributed by atoms with van der Waals surface area (Å²) >= 11 is 0. The van der Waals surface area contributed by atoms with Crippen molar-refractivity contribution in [3.05, 3.63) is 175 Å². The van der Waals surface area contributed by atoms with Gasteiger partial charge in [0.05, 0.1) is 11.6 Å². The van der Waals surface area contributed by atoms with E-state index in [0.29, 0.717) is 23.0 Å². The van der Waals surface area contributed by atoms with Crippen LogP contribution >= 0.6 is 0 Å². The molecular weight excluding hydrogens is 585 g/mol. The minimum atomic E-state index is 0.508. The van der Waals surface area contributed by atoms with E-state index in [1.165, 1.54) is 5.39 Å². The van der Waals surface area contributed by atoms with Crippen LogP contribution in [-0.4, -0.2) is 15.0 Å². The molecule has 0 aliphatic carbocycles. The predicted octanol–water partition coefficient (Wildman–Crippen LogP) is 10.9. The van der Waals surface area contributed by atoms with Gasteiger partial charge in [-0.25, -0.2) is 15.0 Å². The van der Waals surface area contributed by atoms with E-state index in [0.717, 1.165) is 55.5 Å². The summed E-state index contributed by atoms with van der Waals surface area (Å²) in [7, 11) is 0. The highest BCUT2D eigenvalue weighted by Crippen LogP contribution is 2.41. The van der Waals surface area contributed by atoms with Gasteiger partial charge in [0.25, 0.3) is 0 Å². The summed E-state index contributed by atoms with van der Waals surface area (Å²) < 4.78 is 0. The molecular formula is C44H28N4. The molecule has 0 amide bonds. The Morgan fingerprint density at radius 1 is 0.354 bits per heavy atom. The molecule has 0 N–H and O–H groups in total. The zero-order chi connectivity index (χ0) is 32.3. The van der Waals surface area contributed by atoms with Gasteiger partial charge in [-0.1, -0.05) is 152 Å². The lowest BCUT2D eigenvalue weighted by Crippen LogP contribution is -2.02. The maximum Gasteiger partial charge on any atom is 0.164 e. The first-order chi connectivity index (χ1) is 23.7. The Kier molecular flexibility index (Phi) is 7.54. The van der Waals surface area contributed by atoms with Crippen molar-refractivity contribution < 1.29 is 0 Å². The van der Waals surface area contributed by atoms with Gasteiger partial charge in [0.2, 0.25) is 0 Å². The van der Waals surface area contributed by atoms with Crippen LogP contribution in [0, 0.1) is 11.3 Å². The minimum absolute atomic E-state index is 0.508. The van der Waals surface area contributed by atoms with Crippen molar-refractivity contribution in [2.24, 2.45) is 0 Å². The van der Waals surface area contributed by atoms with Crippen LogP contribution in [0.4, 0.5) is 0 Å². The summed E-state index contributed by atoms with van der Waals surface area (Å²) in [6, 6.07) is 60.0. The molecule has 0 fully saturated rings. The van der Waals surface area contributed by atoms with Crippen molar-refractivity contribution in [1.29, 1.82) is 5.26 Å². The lowest BCUT2D eigenvalue weighted by atomic mass is 9.89. The molecule has 0 saturated carbocycles. The van der Waals surface area contributed by atoms with Gasteiger partial charge < -0.3 is 0 Å². The van der Waals surface area contributed by atoms with E-state index in [1.807, 2.05) is 42.5 Å². The Balaban J connectivity index is 1.36. The molecule has 8 rings (SSSR count). The van der Waals surface area contributed by atoms with Crippen molar-refractivity contribution in [3.8, 4) is 73.6 Å². The Labute approximate surface area is 279 Å². The van der Waals surface area contributed by atoms with Crippen molar-refractivity contribution >= 4 is 10.8 Å². The van der Waals surface area contributed by atoms with E-state index in [4.69, 9.17) is 15.0 Å². The van der Waals surface area contributed by atoms with E-state index in [9.17, 15) is 5.26 Å². The Morgan fingerprint density at radius 3 is 1.65 bits per heavy atom. The molecule has 48 heavy (non-hydrogen) atoms. The SMILES string of the molecule is N#Cc1cccc(-c2nc(-c3ccc(-c4ccccc4)cc3)nc(-c3cccc(-c4ccccc4)c3-c3ccc4ccccc4c3)n2)c1. The smallest absolute Gasteiger partial charge is 0.164 e. The van der Waals surface area contributed by atoms with Gasteiger partial charge in [-0.2, -0.15) is 5.26 Å². The van der Waals surface area contributed by atoms with Gasteiger partial charge in [-0.3, -0.25) is 0 Å². The molecule has 0 aliphatic rings. The van der Waals surface area contributed by atoms with Gasteiger partial charge in [0, 0.05) is 22.3 Å². The first-order valence-corrected chi connectivity index (χ1v) is 15.8. The number of fused-ring (bicyclic) bond motifs is 1. The lowest BCUT2D eigenvalue weighted by Gasteiger charge is -2.17. The van der Waals surface area contributed by atoms with Gasteiger partial charge in [-0.15, -0.1) is 0 Å². The van der Waals surface area contributed by atoms with Crippen LogP contribution in [-0.2, 0) is 0 Å². The van der Waals surface area contributed by atoms with Crippen molar-refractivity contribution in [2.45, 2.75) is 0 Å². The van der Waals surface area contributed by atoms with Crippen molar-refractivity contribution in [2.75, 3.05) is 0 Å². The van der Waals surface area contributed by atoms with Crippen LogP contribution in [0.5, 0.6) is 0 Å². The molecule has 4 heteroatoms. The summed E-state index contributed by atoms with van der Waals surface area (Å²) in [5.74, 6) is 1.63. The maximum absolute atomic E-state index is 9.67. The molecule has 224 valence electrons. The Morgan fingerprint density at radius 2 is 0.896 bits per heavy atom. The van der Waals surface area contributed by atoms with E-state index in [-0.39, 0.29) is 0 Å². The van der Waals surface area contributed by atoms with Gasteiger partial charge in [0.15, 0.2) is 17.5 Å². The first-order valence-electron chi connectivity index (χ1n) is 15.8. The molecule has 0 unspecified atom stereocenters. The third-order valence-electron chi connectivity index (χ3n) is 8.56. The van der Waals surface area contributed by atoms with Crippen LogP contribution in [0.15, 0.2) is 170 Å². The molecule has 1 heterocycles. The van der Waals surface area contributed by atoms with Gasteiger partial charge in [-0.05, 0) is 56.8 Å². The third-order valence-corrected chi connectivity index (χ3v) is 8.56. The second-order valence-electron chi connectivity index (χ2n) is 11.6. The quantitative estimate of drug-likeness (QED) is 0.187. The first kappa shape index (κ1) is 28.8. The lowest BCUT2D eigenvalue weighted by molar-refractivity contribution is 1.07. The summed E-state index contributed by atoms with van der Waals surface area (Å²) in [6.45, 7) is 0. The molecule has 7 aromatic carbocycles. The number of benzene rings is 7. The average Bonchev–Trinajstić information content (AvgIpc) is 3.18. The second-order valence-corrected chi connectivity index (χ2v) is 11.6. The average molecular weight is 613 g/mol. The van der Waals surface area contributed by atoms with Gasteiger partial charge >= 0.3 is 0 Å². The molecule has 4 nitrogen and oxygen atoms in total. The predicted molar refractivity (Wildman–Crippen MR) is 195 cm³/mol. The van der Waals surface area contributed by atoms with Crippen LogP contribution in [0.1, 0.15) is 5.56 Å². The Hall–Kier alpha value is -6.70. The monoisotopic (exact) mass is 612 g/mol. The Bertz CT molecular complexity index is 2450. The minimum Gasteiger partial charge on any atom is -0.208 e. The van der Waals surface area contributed by atoms with Crippen LogP contribution < -0.4 is 0 Å². The molecule has 0 spiro atoms. The molecule has 0 saturated heterocycles. The van der Waals surface area contributed by atoms with Crippen LogP contribution in [0.25, 0.3) is 78.3 Å². The molecule has 0 radical (unpaired) electrons. The highest BCUT2D eigenvalue weighted by Gasteiger charge is 2.19. The van der Waals surface area contributed by atoms with E-state index >= 15 is 0 Å². The number of aromatic nitrogens is 3. The van der Waals surface area contributed by atoms with Crippen molar-refractivity contribution in [3.63, 3.8) is 0 Å². The van der Waals surface area contributed by atoms with E-state index < -0.39 is 0 Å². The van der Waals surface area contributed by atoms with Crippen LogP contribution in [0.3, 0.4) is 0 Å². The largest absolute Gasteiger partial charge is 0.208 e. The fourth-order valence-electron chi connectivity index (χ4n) is 6.18. The highest BCUT2D eigenvalue weighted by atomic mass is 15.0. The third kappa shape index (κ3) is 5.62. The van der Waals surface area contributed by atoms with Gasteiger partial charge in [0.1, 0.15) is 0 Å². The number of hydrogen-bond donors (Lipinski definition) is 0. The normalized spacial score (nSPS) is 10.9. The zero-order valence-corrected chi connectivity index (χ0v) is 26.0. The summed E-state index contributed by atoms with van der Waals surface area (Å²) in [5.41, 5.74) is 9.65. The highest BCUT2D eigenvalue weighted by molar-refractivity contribution is 5.97. The fourth-order valence-corrected chi connectivity index (χ4v) is 6.18. The van der Waals surface area contributed by atoms with E-state index in [2.05, 4.69) is 127 Å². The molecule has 1 aromatic heterocycles. The van der Waals surface area contributed by atoms with E-state index in [1.54, 1.807) is 6.07 Å². The van der Waals surface area contributed by atoms with Crippen molar-refractivity contribution in [1.82, 2.24) is 15.0 Å². The second kappa shape index (κ2) is 12.6. The number of nitriles is 1. The topological polar surface area (TPSA) is 62.5 Å². The van der Waals surface area contributed by atoms with Crippen LogP contribution in [0.2, 0.25) is 0 Å². The maximum atomic E-state index is 9.67. The molecule has 0 atom stereocenters. The summed E-state index contributed by atoms with van der Waals surface area (Å²) in [5, 5.41) is 12.0. The molecule has 0 bridgehead atoms. The number of nitrogens with zero attached hydrogens (tertiary/aromatic N) is 4. The summed E-state index contributed by atoms with van der Waals surface area (Å²) in [6.07, 6.45) is 0. The number of hydrogen-bond acceptors (Lipinski definition) is 4. The fraction of sp³-hybridized carbons (Fsp3) is 0. The zero-order valence-electron chi connectivity index (χ0n) is 26.0. The summed E-state index contributed by atoms with van der Waals surface area (Å²) in [4.78, 5) is 15.2. The molecule has 8 aromatic rings. The number of rotatable bonds is 6. The molecule has 0 aliphatic heterocycles.